The molecule has 1 fully saturated rings. The summed E-state index contributed by atoms with van der Waals surface area (Å²) in [5, 5.41) is 5.71. The lowest BCUT2D eigenvalue weighted by Gasteiger charge is -2.17. The van der Waals surface area contributed by atoms with Crippen LogP contribution in [0.5, 0.6) is 11.5 Å². The minimum atomic E-state index is -1.03. The van der Waals surface area contributed by atoms with Gasteiger partial charge >= 0.3 is 0 Å². The zero-order valence-corrected chi connectivity index (χ0v) is 15.2. The van der Waals surface area contributed by atoms with Crippen LogP contribution in [0.3, 0.4) is 0 Å². The normalized spacial score (nSPS) is 14.0. The smallest absolute Gasteiger partial charge is 0.240 e. The summed E-state index contributed by atoms with van der Waals surface area (Å²) in [4.78, 5) is 25.6. The Bertz CT molecular complexity index is 983. The molecule has 0 unspecified atom stereocenters. The quantitative estimate of drug-likeness (QED) is 0.609. The Morgan fingerprint density at radius 2 is 1.29 bits per heavy atom. The molecule has 0 radical (unpaired) electrons. The van der Waals surface area contributed by atoms with Crippen molar-refractivity contribution in [3.8, 4) is 11.5 Å². The zero-order valence-electron chi connectivity index (χ0n) is 15.2. The van der Waals surface area contributed by atoms with E-state index < -0.39 is 5.41 Å². The Kier molecular flexibility index (Phi) is 4.81. The predicted octanol–water partition coefficient (Wildman–Crippen LogP) is 4.84. The molecule has 4 rings (SSSR count). The third kappa shape index (κ3) is 3.74. The summed E-state index contributed by atoms with van der Waals surface area (Å²) in [6.45, 7) is 0. The lowest BCUT2D eigenvalue weighted by molar-refractivity contribution is -0.131. The summed E-state index contributed by atoms with van der Waals surface area (Å²) >= 11 is 0. The molecular formula is C23H20N2O3. The largest absolute Gasteiger partial charge is 0.455 e. The molecule has 28 heavy (non-hydrogen) atoms. The standard InChI is InChI=1S/C23H20N2O3/c26-21(24-17-9-3-1-4-10-17)23(15-16-23)22(27)25-19-13-7-8-14-20(19)28-18-11-5-2-6-12-18/h1-14H,15-16H2,(H,24,26)(H,25,27). The van der Waals surface area contributed by atoms with Crippen LogP contribution in [0, 0.1) is 5.41 Å². The van der Waals surface area contributed by atoms with Gasteiger partial charge in [-0.2, -0.15) is 0 Å². The van der Waals surface area contributed by atoms with E-state index in [1.165, 1.54) is 0 Å². The Morgan fingerprint density at radius 1 is 0.714 bits per heavy atom. The molecule has 0 atom stereocenters. The first kappa shape index (κ1) is 17.8. The molecule has 3 aromatic rings. The highest BCUT2D eigenvalue weighted by molar-refractivity contribution is 6.17. The highest BCUT2D eigenvalue weighted by Crippen LogP contribution is 2.48. The Hall–Kier alpha value is -3.60. The third-order valence-corrected chi connectivity index (χ3v) is 4.76. The van der Waals surface area contributed by atoms with Crippen molar-refractivity contribution in [3.63, 3.8) is 0 Å². The molecule has 140 valence electrons. The number of nitrogens with one attached hydrogen (secondary N) is 2. The van der Waals surface area contributed by atoms with E-state index in [2.05, 4.69) is 10.6 Å². The number of hydrogen-bond acceptors (Lipinski definition) is 3. The van der Waals surface area contributed by atoms with E-state index in [1.807, 2.05) is 60.7 Å². The summed E-state index contributed by atoms with van der Waals surface area (Å²) in [6.07, 6.45) is 1.05. The Labute approximate surface area is 163 Å². The van der Waals surface area contributed by atoms with Crippen LogP contribution in [0.15, 0.2) is 84.9 Å². The molecule has 0 bridgehead atoms. The fourth-order valence-corrected chi connectivity index (χ4v) is 2.97. The summed E-state index contributed by atoms with van der Waals surface area (Å²) in [6, 6.07) is 25.7. The van der Waals surface area contributed by atoms with Crippen molar-refractivity contribution in [2.24, 2.45) is 5.41 Å². The number of ether oxygens (including phenoxy) is 1. The molecule has 5 nitrogen and oxygen atoms in total. The van der Waals surface area contributed by atoms with Crippen molar-refractivity contribution in [1.82, 2.24) is 0 Å². The van der Waals surface area contributed by atoms with Gasteiger partial charge in [0, 0.05) is 5.69 Å². The monoisotopic (exact) mass is 372 g/mol. The molecule has 2 amide bonds. The van der Waals surface area contributed by atoms with Crippen LogP contribution in [0.25, 0.3) is 0 Å². The van der Waals surface area contributed by atoms with E-state index in [4.69, 9.17) is 4.74 Å². The van der Waals surface area contributed by atoms with Crippen molar-refractivity contribution in [2.75, 3.05) is 10.6 Å². The van der Waals surface area contributed by atoms with Crippen LogP contribution in [0.1, 0.15) is 12.8 Å². The summed E-state index contributed by atoms with van der Waals surface area (Å²) in [7, 11) is 0. The second-order valence-electron chi connectivity index (χ2n) is 6.77. The number of para-hydroxylation sites is 4. The molecule has 0 spiro atoms. The van der Waals surface area contributed by atoms with Crippen molar-refractivity contribution < 1.29 is 14.3 Å². The van der Waals surface area contributed by atoms with Crippen LogP contribution in [0.2, 0.25) is 0 Å². The maximum atomic E-state index is 12.9. The van der Waals surface area contributed by atoms with Gasteiger partial charge in [0.1, 0.15) is 11.2 Å². The van der Waals surface area contributed by atoms with Gasteiger partial charge in [-0.05, 0) is 49.2 Å². The molecule has 0 heterocycles. The predicted molar refractivity (Wildman–Crippen MR) is 108 cm³/mol. The van der Waals surface area contributed by atoms with Gasteiger partial charge in [0.15, 0.2) is 5.75 Å². The summed E-state index contributed by atoms with van der Waals surface area (Å²) in [5.74, 6) is 0.608. The first-order chi connectivity index (χ1) is 13.7. The van der Waals surface area contributed by atoms with E-state index in [-0.39, 0.29) is 11.8 Å². The number of hydrogen-bond donors (Lipinski definition) is 2. The molecule has 1 aliphatic carbocycles. The van der Waals surface area contributed by atoms with Crippen molar-refractivity contribution in [3.05, 3.63) is 84.9 Å². The maximum Gasteiger partial charge on any atom is 0.240 e. The van der Waals surface area contributed by atoms with Crippen LogP contribution in [-0.2, 0) is 9.59 Å². The maximum absolute atomic E-state index is 12.9. The van der Waals surface area contributed by atoms with E-state index >= 15 is 0 Å². The third-order valence-electron chi connectivity index (χ3n) is 4.76. The van der Waals surface area contributed by atoms with Gasteiger partial charge in [-0.3, -0.25) is 9.59 Å². The van der Waals surface area contributed by atoms with Crippen LogP contribution < -0.4 is 15.4 Å². The van der Waals surface area contributed by atoms with Crippen molar-refractivity contribution in [1.29, 1.82) is 0 Å². The molecular weight excluding hydrogens is 352 g/mol. The van der Waals surface area contributed by atoms with E-state index in [9.17, 15) is 9.59 Å². The van der Waals surface area contributed by atoms with Crippen LogP contribution >= 0.6 is 0 Å². The average Bonchev–Trinajstić information content (AvgIpc) is 3.53. The van der Waals surface area contributed by atoms with Crippen LogP contribution in [-0.4, -0.2) is 11.8 Å². The Balaban J connectivity index is 1.48. The number of carbonyl (C=O) groups is 2. The molecule has 0 aliphatic heterocycles. The number of amides is 2. The first-order valence-corrected chi connectivity index (χ1v) is 9.17. The molecule has 0 saturated heterocycles. The van der Waals surface area contributed by atoms with Crippen molar-refractivity contribution in [2.45, 2.75) is 12.8 Å². The minimum absolute atomic E-state index is 0.280. The molecule has 1 saturated carbocycles. The van der Waals surface area contributed by atoms with Gasteiger partial charge in [0.05, 0.1) is 5.69 Å². The van der Waals surface area contributed by atoms with E-state index in [0.29, 0.717) is 35.7 Å². The van der Waals surface area contributed by atoms with Gasteiger partial charge in [0.2, 0.25) is 11.8 Å². The molecule has 1 aliphatic rings. The lowest BCUT2D eigenvalue weighted by Crippen LogP contribution is -2.35. The summed E-state index contributed by atoms with van der Waals surface area (Å²) in [5.41, 5.74) is 0.185. The lowest BCUT2D eigenvalue weighted by atomic mass is 10.0. The van der Waals surface area contributed by atoms with E-state index in [0.717, 1.165) is 0 Å². The van der Waals surface area contributed by atoms with Crippen LogP contribution in [0.4, 0.5) is 11.4 Å². The van der Waals surface area contributed by atoms with Crippen molar-refractivity contribution >= 4 is 23.2 Å². The average molecular weight is 372 g/mol. The highest BCUT2D eigenvalue weighted by atomic mass is 16.5. The van der Waals surface area contributed by atoms with Gasteiger partial charge < -0.3 is 15.4 Å². The fourth-order valence-electron chi connectivity index (χ4n) is 2.97. The van der Waals surface area contributed by atoms with Gasteiger partial charge in [-0.1, -0.05) is 48.5 Å². The molecule has 5 heteroatoms. The number of carbonyl (C=O) groups excluding carboxylic acids is 2. The van der Waals surface area contributed by atoms with Gasteiger partial charge in [0.25, 0.3) is 0 Å². The molecule has 3 aromatic carbocycles. The SMILES string of the molecule is O=C(Nc1ccccc1)C1(C(=O)Nc2ccccc2Oc2ccccc2)CC1. The van der Waals surface area contributed by atoms with E-state index in [1.54, 1.807) is 24.3 Å². The topological polar surface area (TPSA) is 67.4 Å². The number of rotatable bonds is 6. The Morgan fingerprint density at radius 3 is 1.96 bits per heavy atom. The first-order valence-electron chi connectivity index (χ1n) is 9.17. The summed E-state index contributed by atoms with van der Waals surface area (Å²) < 4.78 is 5.88. The molecule has 0 aromatic heterocycles. The minimum Gasteiger partial charge on any atom is -0.455 e. The number of benzene rings is 3. The fraction of sp³-hybridized carbons (Fsp3) is 0.130. The van der Waals surface area contributed by atoms with Gasteiger partial charge in [-0.25, -0.2) is 0 Å². The second kappa shape index (κ2) is 7.56. The highest BCUT2D eigenvalue weighted by Gasteiger charge is 2.56. The zero-order chi connectivity index (χ0) is 19.4. The molecule has 2 N–H and O–H groups in total. The number of anilines is 2. The van der Waals surface area contributed by atoms with Gasteiger partial charge in [-0.15, -0.1) is 0 Å². The second-order valence-corrected chi connectivity index (χ2v) is 6.77.